The number of primary amides is 1. The summed E-state index contributed by atoms with van der Waals surface area (Å²) in [6.07, 6.45) is 0.965. The third-order valence-electron chi connectivity index (χ3n) is 6.31. The molecule has 0 bridgehead atoms. The number of benzene rings is 1. The van der Waals surface area contributed by atoms with Crippen LogP contribution in [-0.2, 0) is 30.3 Å². The van der Waals surface area contributed by atoms with E-state index in [9.17, 15) is 24.3 Å². The van der Waals surface area contributed by atoms with E-state index in [0.29, 0.717) is 18.5 Å². The fourth-order valence-electron chi connectivity index (χ4n) is 4.27. The van der Waals surface area contributed by atoms with Crippen molar-refractivity contribution in [2.75, 3.05) is 26.2 Å². The Balaban J connectivity index is 1.51. The molecule has 2 saturated heterocycles. The van der Waals surface area contributed by atoms with Crippen molar-refractivity contribution < 1.29 is 29.0 Å². The van der Waals surface area contributed by atoms with Gasteiger partial charge in [0, 0.05) is 19.5 Å². The van der Waals surface area contributed by atoms with Crippen LogP contribution in [-0.4, -0.2) is 84.1 Å². The highest BCUT2D eigenvalue weighted by Gasteiger charge is 2.51. The van der Waals surface area contributed by atoms with E-state index in [1.807, 2.05) is 13.8 Å². The third-order valence-corrected chi connectivity index (χ3v) is 6.31. The topological polar surface area (TPSA) is 166 Å². The molecule has 6 N–H and O–H groups in total. The van der Waals surface area contributed by atoms with Crippen LogP contribution in [0.25, 0.3) is 0 Å². The fraction of sp³-hybridized carbons (Fsp3) is 0.600. The van der Waals surface area contributed by atoms with Crippen LogP contribution in [0.3, 0.4) is 0 Å². The van der Waals surface area contributed by atoms with Crippen molar-refractivity contribution in [2.24, 2.45) is 11.7 Å². The zero-order chi connectivity index (χ0) is 26.2. The maximum absolute atomic E-state index is 13.0. The maximum Gasteiger partial charge on any atom is 0.253 e. The van der Waals surface area contributed by atoms with Crippen molar-refractivity contribution >= 4 is 23.6 Å². The number of carbonyl (C=O) groups is 4. The van der Waals surface area contributed by atoms with Crippen LogP contribution in [0, 0.1) is 5.92 Å². The Labute approximate surface area is 211 Å². The Kier molecular flexibility index (Phi) is 9.65. The molecule has 2 unspecified atom stereocenters. The van der Waals surface area contributed by atoms with Gasteiger partial charge in [-0.3, -0.25) is 19.2 Å². The molecule has 11 heteroatoms. The second kappa shape index (κ2) is 12.7. The van der Waals surface area contributed by atoms with E-state index < -0.39 is 42.0 Å². The molecule has 2 fully saturated rings. The summed E-state index contributed by atoms with van der Waals surface area (Å²) in [6.45, 7) is 7.12. The van der Waals surface area contributed by atoms with Gasteiger partial charge in [-0.25, -0.2) is 0 Å². The summed E-state index contributed by atoms with van der Waals surface area (Å²) < 4.78 is 5.29. The number of rotatable bonds is 13. The zero-order valence-electron chi connectivity index (χ0n) is 20.9. The lowest BCUT2D eigenvalue weighted by molar-refractivity contribution is -0.132. The molecule has 0 radical (unpaired) electrons. The summed E-state index contributed by atoms with van der Waals surface area (Å²) in [7, 11) is 0. The molecule has 2 aliphatic rings. The number of aromatic hydroxyl groups is 1. The number of nitrogens with two attached hydrogens (primary N) is 1. The van der Waals surface area contributed by atoms with E-state index in [4.69, 9.17) is 10.5 Å². The van der Waals surface area contributed by atoms with Crippen LogP contribution in [0.4, 0.5) is 0 Å². The van der Waals surface area contributed by atoms with Crippen LogP contribution in [0.15, 0.2) is 24.3 Å². The first-order valence-corrected chi connectivity index (χ1v) is 12.5. The van der Waals surface area contributed by atoms with Gasteiger partial charge in [0.1, 0.15) is 17.8 Å². The lowest BCUT2D eigenvalue weighted by Crippen LogP contribution is -2.54. The maximum atomic E-state index is 13.0. The minimum Gasteiger partial charge on any atom is -0.508 e. The third kappa shape index (κ3) is 8.20. The van der Waals surface area contributed by atoms with Crippen molar-refractivity contribution in [3.63, 3.8) is 0 Å². The molecule has 0 aromatic heterocycles. The minimum absolute atomic E-state index is 0.0648. The van der Waals surface area contributed by atoms with Gasteiger partial charge >= 0.3 is 0 Å². The molecule has 1 aromatic rings. The van der Waals surface area contributed by atoms with Crippen molar-refractivity contribution in [3.8, 4) is 5.75 Å². The predicted molar refractivity (Wildman–Crippen MR) is 132 cm³/mol. The van der Waals surface area contributed by atoms with Gasteiger partial charge in [-0.2, -0.15) is 0 Å². The number of amides is 4. The lowest BCUT2D eigenvalue weighted by Gasteiger charge is -2.23. The average Bonchev–Trinajstić information content (AvgIpc) is 3.47. The van der Waals surface area contributed by atoms with Crippen LogP contribution in [0.1, 0.15) is 38.7 Å². The highest BCUT2D eigenvalue weighted by Crippen LogP contribution is 2.23. The lowest BCUT2D eigenvalue weighted by atomic mass is 10.0. The zero-order valence-corrected chi connectivity index (χ0v) is 20.9. The molecule has 2 aliphatic heterocycles. The number of likely N-dealkylation sites (tertiary alicyclic amines) is 1. The summed E-state index contributed by atoms with van der Waals surface area (Å²) in [5.41, 5.74) is 6.20. The highest BCUT2D eigenvalue weighted by molar-refractivity contribution is 5.97. The van der Waals surface area contributed by atoms with E-state index in [2.05, 4.69) is 20.9 Å². The molecule has 36 heavy (non-hydrogen) atoms. The number of carbonyl (C=O) groups excluding carboxylic acids is 4. The van der Waals surface area contributed by atoms with E-state index in [1.165, 1.54) is 25.0 Å². The number of ether oxygens (including phenoxy) is 1. The number of epoxide rings is 1. The molecular weight excluding hydrogens is 466 g/mol. The number of hydrogen-bond acceptors (Lipinski definition) is 7. The molecule has 4 amide bonds. The summed E-state index contributed by atoms with van der Waals surface area (Å²) in [4.78, 5) is 52.3. The van der Waals surface area contributed by atoms with Gasteiger partial charge in [0.15, 0.2) is 12.2 Å². The van der Waals surface area contributed by atoms with Crippen molar-refractivity contribution in [1.29, 1.82) is 0 Å². The van der Waals surface area contributed by atoms with Crippen LogP contribution in [0.2, 0.25) is 0 Å². The quantitative estimate of drug-likeness (QED) is 0.224. The molecule has 11 nitrogen and oxygen atoms in total. The van der Waals surface area contributed by atoms with Gasteiger partial charge in [0.05, 0.1) is 0 Å². The standard InChI is InChI=1S/C25H37N5O6/c1-15(2)13-19(23(33)28-18(22(26)32)14-16-5-7-17(31)8-6-16)29-25(35)21-20(36-21)24(34)27-9-12-30-10-3-4-11-30/h5-8,15,18-21,31H,3-4,9-14H2,1-2H3,(H2,26,32)(H,27,34)(H,28,33)(H,29,35)/t18-,19-,20?,21?/m0/s1. The molecule has 3 rings (SSSR count). The van der Waals surface area contributed by atoms with Gasteiger partial charge in [0.25, 0.3) is 11.8 Å². The SMILES string of the molecule is CC(C)C[C@H](NC(=O)C1OC1C(=O)NCCN1CCCC1)C(=O)N[C@@H](Cc1ccc(O)cc1)C(N)=O. The average molecular weight is 504 g/mol. The Morgan fingerprint density at radius 3 is 2.28 bits per heavy atom. The van der Waals surface area contributed by atoms with Crippen LogP contribution < -0.4 is 21.7 Å². The van der Waals surface area contributed by atoms with Gasteiger partial charge in [-0.15, -0.1) is 0 Å². The van der Waals surface area contributed by atoms with E-state index in [-0.39, 0.29) is 24.0 Å². The number of hydrogen-bond donors (Lipinski definition) is 5. The Morgan fingerprint density at radius 1 is 1.03 bits per heavy atom. The van der Waals surface area contributed by atoms with E-state index in [0.717, 1.165) is 19.6 Å². The first-order valence-electron chi connectivity index (χ1n) is 12.5. The summed E-state index contributed by atoms with van der Waals surface area (Å²) in [5.74, 6) is -2.02. The van der Waals surface area contributed by atoms with Gasteiger partial charge in [-0.05, 0) is 56.0 Å². The van der Waals surface area contributed by atoms with Crippen LogP contribution in [0.5, 0.6) is 5.75 Å². The Bertz CT molecular complexity index is 931. The number of nitrogens with one attached hydrogen (secondary N) is 3. The second-order valence-electron chi connectivity index (χ2n) is 9.84. The number of phenolic OH excluding ortho intramolecular Hbond substituents is 1. The van der Waals surface area contributed by atoms with E-state index >= 15 is 0 Å². The van der Waals surface area contributed by atoms with Crippen LogP contribution >= 0.6 is 0 Å². The summed E-state index contributed by atoms with van der Waals surface area (Å²) in [5, 5.41) is 17.5. The van der Waals surface area contributed by atoms with Crippen molar-refractivity contribution in [2.45, 2.75) is 63.8 Å². The van der Waals surface area contributed by atoms with Gasteiger partial charge in [0.2, 0.25) is 11.8 Å². The normalized spacial score (nSPS) is 21.0. The molecule has 4 atom stereocenters. The Hall–Kier alpha value is -3.18. The molecule has 0 spiro atoms. The molecule has 2 heterocycles. The predicted octanol–water partition coefficient (Wildman–Crippen LogP) is -0.585. The Morgan fingerprint density at radius 2 is 1.67 bits per heavy atom. The number of phenols is 1. The number of nitrogens with zero attached hydrogens (tertiary/aromatic N) is 1. The molecule has 0 aliphatic carbocycles. The fourth-order valence-corrected chi connectivity index (χ4v) is 4.27. The molecular formula is C25H37N5O6. The first kappa shape index (κ1) is 27.4. The van der Waals surface area contributed by atoms with Gasteiger partial charge < -0.3 is 36.4 Å². The van der Waals surface area contributed by atoms with Crippen molar-refractivity contribution in [3.05, 3.63) is 29.8 Å². The summed E-state index contributed by atoms with van der Waals surface area (Å²) >= 11 is 0. The highest BCUT2D eigenvalue weighted by atomic mass is 16.6. The smallest absolute Gasteiger partial charge is 0.253 e. The molecule has 198 valence electrons. The summed E-state index contributed by atoms with van der Waals surface area (Å²) in [6, 6.07) is 4.29. The van der Waals surface area contributed by atoms with Gasteiger partial charge in [-0.1, -0.05) is 26.0 Å². The molecule has 1 aromatic carbocycles. The largest absolute Gasteiger partial charge is 0.508 e. The minimum atomic E-state index is -1.00. The first-order chi connectivity index (χ1) is 17.1. The van der Waals surface area contributed by atoms with E-state index in [1.54, 1.807) is 12.1 Å². The monoisotopic (exact) mass is 503 g/mol. The second-order valence-corrected chi connectivity index (χ2v) is 9.84. The molecule has 0 saturated carbocycles. The van der Waals surface area contributed by atoms with Crippen molar-refractivity contribution in [1.82, 2.24) is 20.9 Å².